The van der Waals surface area contributed by atoms with Crippen molar-refractivity contribution in [3.63, 3.8) is 0 Å². The molecule has 0 spiro atoms. The van der Waals surface area contributed by atoms with E-state index < -0.39 is 5.82 Å². The number of thioether (sulfide) groups is 1. The number of fused-ring (bicyclic) bond motifs is 3. The molecular weight excluding hydrogens is 298 g/mol. The van der Waals surface area contributed by atoms with Gasteiger partial charge in [0.2, 0.25) is 0 Å². The van der Waals surface area contributed by atoms with Gasteiger partial charge in [-0.15, -0.1) is 0 Å². The van der Waals surface area contributed by atoms with Crippen LogP contribution < -0.4 is 0 Å². The second-order valence-corrected chi connectivity index (χ2v) is 4.97. The van der Waals surface area contributed by atoms with Crippen molar-refractivity contribution in [2.45, 2.75) is 5.16 Å². The smallest absolute Gasteiger partial charge is 0.189 e. The molecule has 0 amide bonds. The van der Waals surface area contributed by atoms with Gasteiger partial charge in [-0.25, -0.2) is 19.3 Å². The normalized spacial score (nSPS) is 11.6. The fourth-order valence-electron chi connectivity index (χ4n) is 1.73. The van der Waals surface area contributed by atoms with Gasteiger partial charge in [0.1, 0.15) is 17.0 Å². The zero-order valence-electron chi connectivity index (χ0n) is 8.99. The minimum atomic E-state index is -0.628. The molecule has 0 aromatic carbocycles. The zero-order valence-corrected chi connectivity index (χ0v) is 11.3. The number of imidazole rings is 1. The summed E-state index contributed by atoms with van der Waals surface area (Å²) in [5.74, 6) is -0.628. The molecule has 0 saturated carbocycles. The second-order valence-electron chi connectivity index (χ2n) is 3.48. The molecule has 0 aliphatic heterocycles. The highest BCUT2D eigenvalue weighted by molar-refractivity contribution is 7.98. The number of aromatic nitrogens is 4. The number of hydrogen-bond donors (Lipinski definition) is 0. The fraction of sp³-hybridized carbons (Fsp3) is 0.100. The van der Waals surface area contributed by atoms with E-state index in [0.29, 0.717) is 16.1 Å². The van der Waals surface area contributed by atoms with E-state index in [9.17, 15) is 4.39 Å². The van der Waals surface area contributed by atoms with Crippen LogP contribution in [0.1, 0.15) is 0 Å². The molecule has 92 valence electrons. The van der Waals surface area contributed by atoms with Crippen LogP contribution >= 0.6 is 35.0 Å². The quantitative estimate of drug-likeness (QED) is 0.299. The first-order valence-electron chi connectivity index (χ1n) is 4.83. The molecular formula is C10H5Cl2FN4S. The molecule has 8 heteroatoms. The largest absolute Gasteiger partial charge is 0.286 e. The molecule has 3 rings (SSSR count). The van der Waals surface area contributed by atoms with E-state index in [4.69, 9.17) is 23.2 Å². The van der Waals surface area contributed by atoms with Crippen molar-refractivity contribution in [3.05, 3.63) is 28.6 Å². The summed E-state index contributed by atoms with van der Waals surface area (Å²) in [7, 11) is 0. The predicted octanol–water partition coefficient (Wildman–Crippen LogP) is 3.45. The molecule has 0 radical (unpaired) electrons. The molecule has 0 aliphatic rings. The standard InChI is InChI=1S/C10H5Cl2FN4S/c1-18-10-15-7-5(8(11)16-10)4-2-14-3-17(4)9(12)6(7)13/h2-3H,1H3. The maximum absolute atomic E-state index is 14.2. The van der Waals surface area contributed by atoms with Gasteiger partial charge in [0.05, 0.1) is 17.1 Å². The maximum Gasteiger partial charge on any atom is 0.189 e. The van der Waals surface area contributed by atoms with Crippen LogP contribution in [0.3, 0.4) is 0 Å². The van der Waals surface area contributed by atoms with Crippen molar-refractivity contribution < 1.29 is 4.39 Å². The van der Waals surface area contributed by atoms with E-state index in [1.54, 1.807) is 12.5 Å². The Bertz CT molecular complexity index is 773. The second kappa shape index (κ2) is 4.22. The van der Waals surface area contributed by atoms with Crippen LogP contribution in [0.25, 0.3) is 16.4 Å². The maximum atomic E-state index is 14.2. The molecule has 4 nitrogen and oxygen atoms in total. The van der Waals surface area contributed by atoms with Crippen molar-refractivity contribution in [2.75, 3.05) is 6.26 Å². The van der Waals surface area contributed by atoms with Gasteiger partial charge in [0.15, 0.2) is 16.1 Å². The van der Waals surface area contributed by atoms with Gasteiger partial charge < -0.3 is 0 Å². The van der Waals surface area contributed by atoms with Crippen LogP contribution in [0.5, 0.6) is 0 Å². The molecule has 0 N–H and O–H groups in total. The van der Waals surface area contributed by atoms with Crippen LogP contribution in [-0.4, -0.2) is 25.6 Å². The van der Waals surface area contributed by atoms with Crippen LogP contribution in [0.2, 0.25) is 10.3 Å². The molecule has 0 unspecified atom stereocenters. The summed E-state index contributed by atoms with van der Waals surface area (Å²) in [5.41, 5.74) is 0.686. The molecule has 0 aliphatic carbocycles. The summed E-state index contributed by atoms with van der Waals surface area (Å²) in [6, 6.07) is 0. The highest BCUT2D eigenvalue weighted by Gasteiger charge is 2.18. The zero-order chi connectivity index (χ0) is 12.9. The van der Waals surface area contributed by atoms with Crippen LogP contribution in [0.4, 0.5) is 4.39 Å². The van der Waals surface area contributed by atoms with Gasteiger partial charge >= 0.3 is 0 Å². The molecule has 0 bridgehead atoms. The summed E-state index contributed by atoms with van der Waals surface area (Å²) >= 11 is 13.3. The summed E-state index contributed by atoms with van der Waals surface area (Å²) < 4.78 is 15.6. The number of rotatable bonds is 1. The van der Waals surface area contributed by atoms with Crippen molar-refractivity contribution in [1.82, 2.24) is 19.4 Å². The van der Waals surface area contributed by atoms with Gasteiger partial charge in [0, 0.05) is 0 Å². The van der Waals surface area contributed by atoms with Crippen LogP contribution in [-0.2, 0) is 0 Å². The molecule has 0 saturated heterocycles. The molecule has 0 fully saturated rings. The third-order valence-electron chi connectivity index (χ3n) is 2.52. The summed E-state index contributed by atoms with van der Waals surface area (Å²) in [4.78, 5) is 12.1. The predicted molar refractivity (Wildman–Crippen MR) is 70.0 cm³/mol. The monoisotopic (exact) mass is 302 g/mol. The van der Waals surface area contributed by atoms with E-state index >= 15 is 0 Å². The lowest BCUT2D eigenvalue weighted by Crippen LogP contribution is -1.98. The van der Waals surface area contributed by atoms with E-state index in [0.717, 1.165) is 0 Å². The Balaban J connectivity index is 2.61. The van der Waals surface area contributed by atoms with Crippen molar-refractivity contribution in [1.29, 1.82) is 0 Å². The SMILES string of the molecule is CSc1nc(Cl)c2c(n1)c(F)c(Cl)n1cncc21. The number of pyridine rings is 1. The lowest BCUT2D eigenvalue weighted by molar-refractivity contribution is 0.627. The lowest BCUT2D eigenvalue weighted by atomic mass is 10.2. The fourth-order valence-corrected chi connectivity index (χ4v) is 2.64. The van der Waals surface area contributed by atoms with E-state index in [1.165, 1.54) is 22.5 Å². The van der Waals surface area contributed by atoms with Gasteiger partial charge in [-0.2, -0.15) is 0 Å². The van der Waals surface area contributed by atoms with Crippen molar-refractivity contribution in [3.8, 4) is 0 Å². The molecule has 3 heterocycles. The Labute approximate surface area is 115 Å². The summed E-state index contributed by atoms with van der Waals surface area (Å²) in [5, 5.41) is 0.919. The van der Waals surface area contributed by atoms with Gasteiger partial charge in [-0.05, 0) is 6.26 Å². The van der Waals surface area contributed by atoms with Crippen LogP contribution in [0.15, 0.2) is 17.7 Å². The average molecular weight is 303 g/mol. The van der Waals surface area contributed by atoms with Gasteiger partial charge in [0.25, 0.3) is 0 Å². The highest BCUT2D eigenvalue weighted by Crippen LogP contribution is 2.32. The summed E-state index contributed by atoms with van der Waals surface area (Å²) in [6.07, 6.45) is 4.75. The highest BCUT2D eigenvalue weighted by atomic mass is 35.5. The molecule has 3 aromatic rings. The Morgan fingerprint density at radius 3 is 2.83 bits per heavy atom. The topological polar surface area (TPSA) is 43.1 Å². The van der Waals surface area contributed by atoms with Crippen molar-refractivity contribution in [2.24, 2.45) is 0 Å². The number of halogens is 3. The molecule has 18 heavy (non-hydrogen) atoms. The summed E-state index contributed by atoms with van der Waals surface area (Å²) in [6.45, 7) is 0. The van der Waals surface area contributed by atoms with Crippen molar-refractivity contribution >= 4 is 51.4 Å². The van der Waals surface area contributed by atoms with E-state index in [-0.39, 0.29) is 15.8 Å². The van der Waals surface area contributed by atoms with Gasteiger partial charge in [-0.3, -0.25) is 4.40 Å². The molecule has 0 atom stereocenters. The minimum Gasteiger partial charge on any atom is -0.286 e. The lowest BCUT2D eigenvalue weighted by Gasteiger charge is -2.07. The molecule has 3 aromatic heterocycles. The number of hydrogen-bond acceptors (Lipinski definition) is 4. The van der Waals surface area contributed by atoms with E-state index in [2.05, 4.69) is 15.0 Å². The first-order chi connectivity index (χ1) is 8.63. The van der Waals surface area contributed by atoms with Gasteiger partial charge in [-0.1, -0.05) is 35.0 Å². The average Bonchev–Trinajstić information content (AvgIpc) is 2.84. The first-order valence-corrected chi connectivity index (χ1v) is 6.81. The Kier molecular flexibility index (Phi) is 2.80. The first kappa shape index (κ1) is 12.0. The van der Waals surface area contributed by atoms with Crippen LogP contribution in [0, 0.1) is 5.82 Å². The third-order valence-corrected chi connectivity index (χ3v) is 3.69. The van der Waals surface area contributed by atoms with E-state index in [1.807, 2.05) is 0 Å². The Hall–Kier alpha value is -1.11. The Morgan fingerprint density at radius 2 is 2.11 bits per heavy atom. The minimum absolute atomic E-state index is 0.0724. The number of nitrogens with zero attached hydrogens (tertiary/aromatic N) is 4. The third kappa shape index (κ3) is 1.56. The Morgan fingerprint density at radius 1 is 1.33 bits per heavy atom.